The lowest BCUT2D eigenvalue weighted by molar-refractivity contribution is 0.318. The number of hydrogen-bond acceptors (Lipinski definition) is 3. The zero-order valence-corrected chi connectivity index (χ0v) is 12.6. The first-order chi connectivity index (χ1) is 9.70. The first-order valence-electron chi connectivity index (χ1n) is 6.56. The fraction of sp³-hybridized carbons (Fsp3) is 0.250. The molecule has 0 aliphatic heterocycles. The zero-order chi connectivity index (χ0) is 14.4. The van der Waals surface area contributed by atoms with E-state index in [9.17, 15) is 4.55 Å². The molecule has 1 N–H and O–H groups in total. The van der Waals surface area contributed by atoms with Crippen molar-refractivity contribution >= 4 is 11.2 Å². The quantitative estimate of drug-likeness (QED) is 0.657. The van der Waals surface area contributed by atoms with Crippen molar-refractivity contribution in [3.05, 3.63) is 54.1 Å². The summed E-state index contributed by atoms with van der Waals surface area (Å²) < 4.78 is 18.0. The number of aryl methyl sites for hydroxylation is 1. The van der Waals surface area contributed by atoms with Gasteiger partial charge in [-0.1, -0.05) is 12.1 Å². The van der Waals surface area contributed by atoms with Gasteiger partial charge in [0.2, 0.25) is 0 Å². The topological polar surface area (TPSA) is 44.3 Å². The predicted octanol–water partition coefficient (Wildman–Crippen LogP) is 2.76. The van der Waals surface area contributed by atoms with Crippen LogP contribution in [0, 0.1) is 6.92 Å². The Morgan fingerprint density at radius 2 is 1.85 bits per heavy atom. The van der Waals surface area contributed by atoms with Crippen LogP contribution < -0.4 is 10.1 Å². The van der Waals surface area contributed by atoms with E-state index in [1.54, 1.807) is 0 Å². The second kappa shape index (κ2) is 7.33. The summed E-state index contributed by atoms with van der Waals surface area (Å²) in [7, 11) is 1.89. The van der Waals surface area contributed by atoms with Crippen molar-refractivity contribution in [2.24, 2.45) is 0 Å². The SMILES string of the molecule is CNCCOc1ccc([S+]([O-])c2cccc(C)c2)cc1. The lowest BCUT2D eigenvalue weighted by Gasteiger charge is -2.11. The van der Waals surface area contributed by atoms with Gasteiger partial charge in [-0.25, -0.2) is 0 Å². The molecule has 0 aliphatic rings. The molecule has 0 aliphatic carbocycles. The summed E-state index contributed by atoms with van der Waals surface area (Å²) in [5.41, 5.74) is 1.11. The van der Waals surface area contributed by atoms with Gasteiger partial charge in [-0.2, -0.15) is 0 Å². The minimum Gasteiger partial charge on any atom is -0.606 e. The Morgan fingerprint density at radius 3 is 2.50 bits per heavy atom. The van der Waals surface area contributed by atoms with E-state index in [2.05, 4.69) is 5.32 Å². The van der Waals surface area contributed by atoms with Crippen LogP contribution >= 0.6 is 0 Å². The van der Waals surface area contributed by atoms with E-state index in [1.165, 1.54) is 0 Å². The molecule has 4 heteroatoms. The van der Waals surface area contributed by atoms with Crippen molar-refractivity contribution in [2.45, 2.75) is 16.7 Å². The molecule has 2 rings (SSSR count). The van der Waals surface area contributed by atoms with Crippen LogP contribution in [0.15, 0.2) is 58.3 Å². The van der Waals surface area contributed by atoms with Crippen LogP contribution in [0.2, 0.25) is 0 Å². The third-order valence-electron chi connectivity index (χ3n) is 2.86. The number of ether oxygens (including phenoxy) is 1. The Balaban J connectivity index is 2.05. The summed E-state index contributed by atoms with van der Waals surface area (Å²) in [5.74, 6) is 0.797. The molecule has 106 valence electrons. The summed E-state index contributed by atoms with van der Waals surface area (Å²) >= 11 is -1.14. The fourth-order valence-electron chi connectivity index (χ4n) is 1.80. The van der Waals surface area contributed by atoms with Gasteiger partial charge in [-0.05, 0) is 55.9 Å². The molecular weight excluding hydrogens is 270 g/mol. The molecule has 1 atom stereocenters. The van der Waals surface area contributed by atoms with Crippen LogP contribution in [0.3, 0.4) is 0 Å². The Labute approximate surface area is 123 Å². The van der Waals surface area contributed by atoms with Crippen LogP contribution in [0.25, 0.3) is 0 Å². The lowest BCUT2D eigenvalue weighted by Crippen LogP contribution is -2.15. The van der Waals surface area contributed by atoms with Gasteiger partial charge in [0.25, 0.3) is 0 Å². The molecule has 0 amide bonds. The average Bonchev–Trinajstić information content (AvgIpc) is 2.47. The van der Waals surface area contributed by atoms with E-state index in [1.807, 2.05) is 62.5 Å². The van der Waals surface area contributed by atoms with Crippen molar-refractivity contribution in [3.8, 4) is 5.75 Å². The standard InChI is InChI=1S/C16H19NO2S/c1-13-4-3-5-16(12-13)20(18)15-8-6-14(7-9-15)19-11-10-17-2/h3-9,12,17H,10-11H2,1-2H3. The van der Waals surface area contributed by atoms with Gasteiger partial charge in [-0.3, -0.25) is 0 Å². The minimum absolute atomic E-state index is 0.622. The van der Waals surface area contributed by atoms with Gasteiger partial charge < -0.3 is 14.6 Å². The Hall–Kier alpha value is -1.49. The van der Waals surface area contributed by atoms with E-state index in [-0.39, 0.29) is 0 Å². The molecule has 20 heavy (non-hydrogen) atoms. The molecule has 0 saturated carbocycles. The van der Waals surface area contributed by atoms with E-state index in [0.717, 1.165) is 27.6 Å². The molecule has 2 aromatic rings. The number of rotatable bonds is 6. The Kier molecular flexibility index (Phi) is 5.47. The van der Waals surface area contributed by atoms with Crippen molar-refractivity contribution in [1.29, 1.82) is 0 Å². The summed E-state index contributed by atoms with van der Waals surface area (Å²) in [5, 5.41) is 3.02. The van der Waals surface area contributed by atoms with E-state index in [4.69, 9.17) is 4.74 Å². The van der Waals surface area contributed by atoms with E-state index >= 15 is 0 Å². The van der Waals surface area contributed by atoms with Crippen LogP contribution in [0.4, 0.5) is 0 Å². The third-order valence-corrected chi connectivity index (χ3v) is 4.24. The summed E-state index contributed by atoms with van der Waals surface area (Å²) in [6.45, 7) is 3.42. The largest absolute Gasteiger partial charge is 0.606 e. The fourth-order valence-corrected chi connectivity index (χ4v) is 2.95. The molecule has 0 fully saturated rings. The highest BCUT2D eigenvalue weighted by Crippen LogP contribution is 2.23. The maximum Gasteiger partial charge on any atom is 0.158 e. The number of nitrogens with one attached hydrogen (secondary N) is 1. The van der Waals surface area contributed by atoms with Gasteiger partial charge in [-0.15, -0.1) is 0 Å². The Morgan fingerprint density at radius 1 is 1.10 bits per heavy atom. The summed E-state index contributed by atoms with van der Waals surface area (Å²) in [6.07, 6.45) is 0. The van der Waals surface area contributed by atoms with Crippen LogP contribution in [-0.2, 0) is 11.2 Å². The molecule has 0 saturated heterocycles. The molecule has 0 heterocycles. The van der Waals surface area contributed by atoms with Crippen molar-refractivity contribution in [1.82, 2.24) is 5.32 Å². The molecule has 0 radical (unpaired) electrons. The van der Waals surface area contributed by atoms with Gasteiger partial charge in [0.15, 0.2) is 9.79 Å². The van der Waals surface area contributed by atoms with Crippen LogP contribution in [0.1, 0.15) is 5.56 Å². The molecule has 2 aromatic carbocycles. The Bertz CT molecular complexity index is 542. The molecule has 0 aromatic heterocycles. The van der Waals surface area contributed by atoms with Gasteiger partial charge in [0.05, 0.1) is 0 Å². The minimum atomic E-state index is -1.14. The second-order valence-corrected chi connectivity index (χ2v) is 5.99. The van der Waals surface area contributed by atoms with Gasteiger partial charge in [0.1, 0.15) is 12.4 Å². The van der Waals surface area contributed by atoms with Crippen molar-refractivity contribution < 1.29 is 9.29 Å². The van der Waals surface area contributed by atoms with Crippen molar-refractivity contribution in [2.75, 3.05) is 20.2 Å². The average molecular weight is 289 g/mol. The zero-order valence-electron chi connectivity index (χ0n) is 11.8. The molecule has 3 nitrogen and oxygen atoms in total. The first-order valence-corrected chi connectivity index (χ1v) is 7.71. The van der Waals surface area contributed by atoms with Gasteiger partial charge >= 0.3 is 0 Å². The maximum absolute atomic E-state index is 12.4. The molecule has 1 unspecified atom stereocenters. The van der Waals surface area contributed by atoms with Crippen LogP contribution in [-0.4, -0.2) is 24.8 Å². The normalized spacial score (nSPS) is 12.2. The van der Waals surface area contributed by atoms with E-state index in [0.29, 0.717) is 6.61 Å². The number of benzene rings is 2. The summed E-state index contributed by atoms with van der Waals surface area (Å²) in [4.78, 5) is 1.62. The monoisotopic (exact) mass is 289 g/mol. The maximum atomic E-state index is 12.4. The van der Waals surface area contributed by atoms with E-state index < -0.39 is 11.2 Å². The highest BCUT2D eigenvalue weighted by molar-refractivity contribution is 7.91. The lowest BCUT2D eigenvalue weighted by atomic mass is 10.2. The molecule has 0 bridgehead atoms. The number of hydrogen-bond donors (Lipinski definition) is 1. The second-order valence-electron chi connectivity index (χ2n) is 4.51. The smallest absolute Gasteiger partial charge is 0.158 e. The van der Waals surface area contributed by atoms with Crippen LogP contribution in [0.5, 0.6) is 5.75 Å². The highest BCUT2D eigenvalue weighted by atomic mass is 32.2. The molecule has 0 spiro atoms. The predicted molar refractivity (Wildman–Crippen MR) is 81.7 cm³/mol. The third kappa shape index (κ3) is 4.00. The molecular formula is C16H19NO2S. The highest BCUT2D eigenvalue weighted by Gasteiger charge is 2.14. The van der Waals surface area contributed by atoms with Gasteiger partial charge in [0, 0.05) is 17.7 Å². The summed E-state index contributed by atoms with van der Waals surface area (Å²) in [6, 6.07) is 15.2. The van der Waals surface area contributed by atoms with Crippen molar-refractivity contribution in [3.63, 3.8) is 0 Å². The first kappa shape index (κ1) is 14.9. The number of likely N-dealkylation sites (N-methyl/N-ethyl adjacent to an activating group) is 1.